The summed E-state index contributed by atoms with van der Waals surface area (Å²) < 4.78 is 0. The van der Waals surface area contributed by atoms with E-state index in [9.17, 15) is 9.59 Å². The third kappa shape index (κ3) is 3.17. The number of amides is 1. The Morgan fingerprint density at radius 3 is 2.65 bits per heavy atom. The number of benzene rings is 2. The maximum Gasteiger partial charge on any atom is 0.336 e. The standard InChI is InChI=1S/C16H12ClN3O3/c17-9-5-6-12-13(7-9)20-14(19-12)8-18-15(21)10-3-1-2-4-11(10)16(22)23/h1-7H,8H2,(H,18,21)(H,19,20)(H,22,23). The van der Waals surface area contributed by atoms with Crippen molar-refractivity contribution in [2.75, 3.05) is 0 Å². The first-order chi connectivity index (χ1) is 11.0. The number of hydrogen-bond acceptors (Lipinski definition) is 3. The van der Waals surface area contributed by atoms with Crippen LogP contribution in [-0.4, -0.2) is 27.0 Å². The molecule has 0 saturated carbocycles. The normalized spacial score (nSPS) is 10.7. The van der Waals surface area contributed by atoms with Gasteiger partial charge in [0.1, 0.15) is 5.82 Å². The second-order valence-corrected chi connectivity index (χ2v) is 5.31. The lowest BCUT2D eigenvalue weighted by molar-refractivity contribution is 0.0691. The fraction of sp³-hybridized carbons (Fsp3) is 0.0625. The van der Waals surface area contributed by atoms with Gasteiger partial charge in [0.25, 0.3) is 5.91 Å². The Hall–Kier alpha value is -2.86. The Balaban J connectivity index is 1.77. The summed E-state index contributed by atoms with van der Waals surface area (Å²) in [4.78, 5) is 30.7. The highest BCUT2D eigenvalue weighted by Crippen LogP contribution is 2.17. The van der Waals surface area contributed by atoms with Crippen molar-refractivity contribution in [3.8, 4) is 0 Å². The van der Waals surface area contributed by atoms with Gasteiger partial charge in [-0.05, 0) is 30.3 Å². The molecular formula is C16H12ClN3O3. The predicted octanol–water partition coefficient (Wildman–Crippen LogP) is 2.84. The Morgan fingerprint density at radius 2 is 1.91 bits per heavy atom. The number of carboxylic acid groups (broad SMARTS) is 1. The molecule has 0 fully saturated rings. The van der Waals surface area contributed by atoms with Crippen LogP contribution < -0.4 is 5.32 Å². The van der Waals surface area contributed by atoms with Crippen LogP contribution in [0.2, 0.25) is 5.02 Å². The van der Waals surface area contributed by atoms with E-state index in [4.69, 9.17) is 16.7 Å². The van der Waals surface area contributed by atoms with Gasteiger partial charge in [0, 0.05) is 5.02 Å². The maximum absolute atomic E-state index is 12.2. The molecule has 0 saturated heterocycles. The number of imidazole rings is 1. The smallest absolute Gasteiger partial charge is 0.336 e. The maximum atomic E-state index is 12.2. The largest absolute Gasteiger partial charge is 0.478 e. The zero-order valence-corrected chi connectivity index (χ0v) is 12.6. The molecule has 6 nitrogen and oxygen atoms in total. The molecule has 3 N–H and O–H groups in total. The number of nitrogens with zero attached hydrogens (tertiary/aromatic N) is 1. The van der Waals surface area contributed by atoms with Crippen molar-refractivity contribution >= 4 is 34.5 Å². The monoisotopic (exact) mass is 329 g/mol. The van der Waals surface area contributed by atoms with Crippen molar-refractivity contribution in [1.29, 1.82) is 0 Å². The number of carbonyl (C=O) groups is 2. The lowest BCUT2D eigenvalue weighted by Crippen LogP contribution is -2.25. The van der Waals surface area contributed by atoms with Crippen LogP contribution in [0.15, 0.2) is 42.5 Å². The summed E-state index contributed by atoms with van der Waals surface area (Å²) in [5.74, 6) is -1.06. The molecule has 0 atom stereocenters. The fourth-order valence-electron chi connectivity index (χ4n) is 2.25. The Morgan fingerprint density at radius 1 is 1.17 bits per heavy atom. The van der Waals surface area contributed by atoms with Crippen molar-refractivity contribution < 1.29 is 14.7 Å². The van der Waals surface area contributed by atoms with Crippen LogP contribution in [0.4, 0.5) is 0 Å². The molecule has 0 aliphatic rings. The molecule has 23 heavy (non-hydrogen) atoms. The van der Waals surface area contributed by atoms with Crippen LogP contribution in [0.5, 0.6) is 0 Å². The summed E-state index contributed by atoms with van der Waals surface area (Å²) in [6.45, 7) is 0.152. The van der Waals surface area contributed by atoms with Crippen LogP contribution in [0, 0.1) is 0 Å². The molecule has 7 heteroatoms. The Labute approximate surface area is 136 Å². The predicted molar refractivity (Wildman–Crippen MR) is 85.7 cm³/mol. The molecule has 3 rings (SSSR count). The average molecular weight is 330 g/mol. The third-order valence-electron chi connectivity index (χ3n) is 3.31. The van der Waals surface area contributed by atoms with E-state index in [0.29, 0.717) is 10.8 Å². The summed E-state index contributed by atoms with van der Waals surface area (Å²) in [7, 11) is 0. The van der Waals surface area contributed by atoms with Gasteiger partial charge >= 0.3 is 5.97 Å². The molecule has 0 bridgehead atoms. The topological polar surface area (TPSA) is 95.1 Å². The van der Waals surface area contributed by atoms with Gasteiger partial charge < -0.3 is 15.4 Å². The summed E-state index contributed by atoms with van der Waals surface area (Å²) in [5, 5.41) is 12.4. The fourth-order valence-corrected chi connectivity index (χ4v) is 2.42. The van der Waals surface area contributed by atoms with Gasteiger partial charge in [-0.1, -0.05) is 23.7 Å². The summed E-state index contributed by atoms with van der Waals surface area (Å²) in [6, 6.07) is 11.3. The molecule has 3 aromatic rings. The van der Waals surface area contributed by atoms with Crippen LogP contribution in [0.25, 0.3) is 11.0 Å². The molecule has 1 amide bonds. The van der Waals surface area contributed by atoms with E-state index in [2.05, 4.69) is 15.3 Å². The number of carbonyl (C=O) groups excluding carboxylic acids is 1. The number of H-pyrrole nitrogens is 1. The van der Waals surface area contributed by atoms with Crippen LogP contribution in [0.1, 0.15) is 26.5 Å². The number of aromatic carboxylic acids is 1. The minimum Gasteiger partial charge on any atom is -0.478 e. The summed E-state index contributed by atoms with van der Waals surface area (Å²) in [6.07, 6.45) is 0. The molecular weight excluding hydrogens is 318 g/mol. The molecule has 2 aromatic carbocycles. The number of aromatic amines is 1. The van der Waals surface area contributed by atoms with Crippen molar-refractivity contribution in [1.82, 2.24) is 15.3 Å². The minimum absolute atomic E-state index is 0.0404. The van der Waals surface area contributed by atoms with E-state index in [0.717, 1.165) is 11.0 Å². The quantitative estimate of drug-likeness (QED) is 0.686. The number of fused-ring (bicyclic) bond motifs is 1. The first-order valence-electron chi connectivity index (χ1n) is 6.79. The van der Waals surface area contributed by atoms with Gasteiger partial charge in [0.15, 0.2) is 0 Å². The number of aromatic nitrogens is 2. The SMILES string of the molecule is O=C(O)c1ccccc1C(=O)NCc1nc2ccc(Cl)cc2[nH]1. The Bertz CT molecular complexity index is 904. The summed E-state index contributed by atoms with van der Waals surface area (Å²) >= 11 is 5.91. The number of halogens is 1. The van der Waals surface area contributed by atoms with E-state index in [1.807, 2.05) is 0 Å². The highest BCUT2D eigenvalue weighted by Gasteiger charge is 2.15. The van der Waals surface area contributed by atoms with Gasteiger partial charge in [-0.15, -0.1) is 0 Å². The molecule has 0 spiro atoms. The highest BCUT2D eigenvalue weighted by atomic mass is 35.5. The molecule has 1 heterocycles. The molecule has 0 aliphatic carbocycles. The van der Waals surface area contributed by atoms with Gasteiger partial charge in [-0.3, -0.25) is 4.79 Å². The highest BCUT2D eigenvalue weighted by molar-refractivity contribution is 6.31. The minimum atomic E-state index is -1.14. The number of rotatable bonds is 4. The van der Waals surface area contributed by atoms with Gasteiger partial charge in [-0.2, -0.15) is 0 Å². The first-order valence-corrected chi connectivity index (χ1v) is 7.17. The molecule has 1 aromatic heterocycles. The number of carboxylic acids is 1. The lowest BCUT2D eigenvalue weighted by Gasteiger charge is -2.06. The first kappa shape index (κ1) is 15.1. The third-order valence-corrected chi connectivity index (χ3v) is 3.55. The van der Waals surface area contributed by atoms with Gasteiger partial charge in [-0.25, -0.2) is 9.78 Å². The van der Waals surface area contributed by atoms with Gasteiger partial charge in [0.2, 0.25) is 0 Å². The van der Waals surface area contributed by atoms with Crippen molar-refractivity contribution in [3.63, 3.8) is 0 Å². The molecule has 116 valence electrons. The average Bonchev–Trinajstić information content (AvgIpc) is 2.94. The van der Waals surface area contributed by atoms with Crippen molar-refractivity contribution in [3.05, 3.63) is 64.4 Å². The van der Waals surface area contributed by atoms with Crippen LogP contribution in [0.3, 0.4) is 0 Å². The zero-order chi connectivity index (χ0) is 16.4. The van der Waals surface area contributed by atoms with E-state index in [1.54, 1.807) is 30.3 Å². The number of hydrogen-bond donors (Lipinski definition) is 3. The van der Waals surface area contributed by atoms with E-state index in [-0.39, 0.29) is 17.7 Å². The van der Waals surface area contributed by atoms with Gasteiger partial charge in [0.05, 0.1) is 28.7 Å². The second kappa shape index (κ2) is 6.10. The van der Waals surface area contributed by atoms with E-state index < -0.39 is 11.9 Å². The molecule has 0 aliphatic heterocycles. The number of nitrogens with one attached hydrogen (secondary N) is 2. The Kier molecular flexibility index (Phi) is 3.99. The summed E-state index contributed by atoms with van der Waals surface area (Å²) in [5.41, 5.74) is 1.58. The molecule has 0 radical (unpaired) electrons. The lowest BCUT2D eigenvalue weighted by atomic mass is 10.1. The van der Waals surface area contributed by atoms with Crippen molar-refractivity contribution in [2.45, 2.75) is 6.54 Å². The van der Waals surface area contributed by atoms with Crippen LogP contribution in [-0.2, 0) is 6.54 Å². The zero-order valence-electron chi connectivity index (χ0n) is 11.8. The van der Waals surface area contributed by atoms with E-state index in [1.165, 1.54) is 12.1 Å². The van der Waals surface area contributed by atoms with Crippen molar-refractivity contribution in [2.24, 2.45) is 0 Å². The van der Waals surface area contributed by atoms with Crippen LogP contribution >= 0.6 is 11.6 Å². The van der Waals surface area contributed by atoms with E-state index >= 15 is 0 Å². The molecule has 0 unspecified atom stereocenters. The second-order valence-electron chi connectivity index (χ2n) is 4.88.